The van der Waals surface area contributed by atoms with Gasteiger partial charge >= 0.3 is 0 Å². The molecule has 20 heavy (non-hydrogen) atoms. The van der Waals surface area contributed by atoms with Gasteiger partial charge in [0.2, 0.25) is 0 Å². The molecule has 0 spiro atoms. The number of carbonyl (C=O) groups is 1. The van der Waals surface area contributed by atoms with Crippen LogP contribution in [0, 0.1) is 5.82 Å². The number of hydrogen-bond donors (Lipinski definition) is 1. The van der Waals surface area contributed by atoms with Crippen molar-refractivity contribution in [3.8, 4) is 11.5 Å². The number of methoxy groups -OCH3 is 1. The van der Waals surface area contributed by atoms with Crippen LogP contribution in [0.3, 0.4) is 0 Å². The predicted octanol–water partition coefficient (Wildman–Crippen LogP) is 3.44. The predicted molar refractivity (Wildman–Crippen MR) is 74.4 cm³/mol. The smallest absolute Gasteiger partial charge is 0.185 e. The summed E-state index contributed by atoms with van der Waals surface area (Å²) in [5.74, 6) is -0.359. The van der Waals surface area contributed by atoms with E-state index in [2.05, 4.69) is 0 Å². The molecule has 0 saturated carbocycles. The number of carbonyl (C=O) groups excluding carboxylic acids is 1. The van der Waals surface area contributed by atoms with Gasteiger partial charge < -0.3 is 9.84 Å². The van der Waals surface area contributed by atoms with Gasteiger partial charge in [0.1, 0.15) is 5.82 Å². The highest BCUT2D eigenvalue weighted by atomic mass is 19.1. The minimum Gasteiger partial charge on any atom is -0.504 e. The van der Waals surface area contributed by atoms with Crippen LogP contribution >= 0.6 is 0 Å². The molecule has 4 heteroatoms. The Balaban J connectivity index is 2.21. The van der Waals surface area contributed by atoms with E-state index in [9.17, 15) is 14.3 Å². The van der Waals surface area contributed by atoms with Gasteiger partial charge in [-0.2, -0.15) is 0 Å². The van der Waals surface area contributed by atoms with Gasteiger partial charge in [-0.25, -0.2) is 4.39 Å². The molecule has 0 fully saturated rings. The molecule has 0 unspecified atom stereocenters. The third-order valence-corrected chi connectivity index (χ3v) is 2.79. The van der Waals surface area contributed by atoms with E-state index in [0.29, 0.717) is 16.9 Å². The number of phenolic OH excluding ortho intramolecular Hbond substituents is 1. The van der Waals surface area contributed by atoms with E-state index in [1.165, 1.54) is 43.5 Å². The number of benzene rings is 2. The molecule has 3 nitrogen and oxygen atoms in total. The van der Waals surface area contributed by atoms with E-state index in [4.69, 9.17) is 4.74 Å². The second-order valence-corrected chi connectivity index (χ2v) is 4.10. The molecule has 0 aliphatic heterocycles. The van der Waals surface area contributed by atoms with Gasteiger partial charge in [-0.1, -0.05) is 12.1 Å². The first-order valence-electron chi connectivity index (χ1n) is 5.96. The average molecular weight is 272 g/mol. The highest BCUT2D eigenvalue weighted by Crippen LogP contribution is 2.30. The molecule has 2 aromatic carbocycles. The number of ketones is 1. The lowest BCUT2D eigenvalue weighted by Gasteiger charge is -2.05. The Morgan fingerprint density at radius 1 is 1.20 bits per heavy atom. The van der Waals surface area contributed by atoms with Crippen molar-refractivity contribution < 1.29 is 19.0 Å². The van der Waals surface area contributed by atoms with Gasteiger partial charge in [-0.15, -0.1) is 0 Å². The highest BCUT2D eigenvalue weighted by molar-refractivity contribution is 6.06. The molecule has 0 heterocycles. The van der Waals surface area contributed by atoms with Crippen LogP contribution in [0.2, 0.25) is 0 Å². The molecule has 0 aromatic heterocycles. The van der Waals surface area contributed by atoms with Crippen molar-refractivity contribution in [2.45, 2.75) is 0 Å². The lowest BCUT2D eigenvalue weighted by Crippen LogP contribution is -1.94. The molecule has 102 valence electrons. The first-order valence-corrected chi connectivity index (χ1v) is 5.96. The fourth-order valence-electron chi connectivity index (χ4n) is 1.71. The molecule has 0 bridgehead atoms. The Morgan fingerprint density at radius 2 is 1.90 bits per heavy atom. The topological polar surface area (TPSA) is 46.5 Å². The molecule has 0 radical (unpaired) electrons. The van der Waals surface area contributed by atoms with Crippen molar-refractivity contribution >= 4 is 11.9 Å². The van der Waals surface area contributed by atoms with E-state index in [1.54, 1.807) is 18.2 Å². The molecule has 0 aliphatic carbocycles. The second-order valence-electron chi connectivity index (χ2n) is 4.10. The Hall–Kier alpha value is -2.62. The zero-order valence-electron chi connectivity index (χ0n) is 10.8. The van der Waals surface area contributed by atoms with Crippen LogP contribution in [0.5, 0.6) is 11.5 Å². The van der Waals surface area contributed by atoms with Crippen LogP contribution in [0.1, 0.15) is 15.9 Å². The number of phenols is 1. The molecule has 0 saturated heterocycles. The number of allylic oxidation sites excluding steroid dienone is 1. The summed E-state index contributed by atoms with van der Waals surface area (Å²) in [7, 11) is 1.45. The third-order valence-electron chi connectivity index (χ3n) is 2.79. The highest BCUT2D eigenvalue weighted by Gasteiger charge is 2.06. The normalized spacial score (nSPS) is 10.7. The van der Waals surface area contributed by atoms with Gasteiger partial charge in [-0.3, -0.25) is 4.79 Å². The van der Waals surface area contributed by atoms with Gasteiger partial charge in [0.15, 0.2) is 17.3 Å². The SMILES string of the molecule is COc1cccc(C=CC(=O)c2ccc(F)cc2)c1O. The number of hydrogen-bond acceptors (Lipinski definition) is 3. The number of aromatic hydroxyl groups is 1. The summed E-state index contributed by atoms with van der Waals surface area (Å²) < 4.78 is 17.7. The quantitative estimate of drug-likeness (QED) is 0.685. The van der Waals surface area contributed by atoms with Gasteiger partial charge in [0.05, 0.1) is 7.11 Å². The summed E-state index contributed by atoms with van der Waals surface area (Å²) in [5.41, 5.74) is 0.852. The van der Waals surface area contributed by atoms with E-state index < -0.39 is 5.82 Å². The molecule has 2 rings (SSSR count). The molecule has 2 aromatic rings. The average Bonchev–Trinajstić information content (AvgIpc) is 2.46. The summed E-state index contributed by atoms with van der Waals surface area (Å²) in [5, 5.41) is 9.87. The first-order chi connectivity index (χ1) is 9.61. The minimum absolute atomic E-state index is 0.0295. The standard InChI is InChI=1S/C16H13FO3/c1-20-15-4-2-3-12(16(15)19)7-10-14(18)11-5-8-13(17)9-6-11/h2-10,19H,1H3. The summed E-state index contributed by atoms with van der Waals surface area (Å²) in [6, 6.07) is 10.3. The lowest BCUT2D eigenvalue weighted by molar-refractivity contribution is 0.104. The van der Waals surface area contributed by atoms with Crippen LogP contribution in [-0.2, 0) is 0 Å². The van der Waals surface area contributed by atoms with Gasteiger partial charge in [-0.05, 0) is 42.5 Å². The molecule has 0 amide bonds. The zero-order chi connectivity index (χ0) is 14.5. The Labute approximate surface area is 115 Å². The summed E-state index contributed by atoms with van der Waals surface area (Å²) in [6.07, 6.45) is 2.81. The van der Waals surface area contributed by atoms with Crippen LogP contribution in [-0.4, -0.2) is 18.0 Å². The van der Waals surface area contributed by atoms with Crippen molar-refractivity contribution in [2.24, 2.45) is 0 Å². The van der Waals surface area contributed by atoms with Crippen molar-refractivity contribution in [1.29, 1.82) is 0 Å². The first kappa shape index (κ1) is 13.8. The van der Waals surface area contributed by atoms with E-state index in [-0.39, 0.29) is 11.5 Å². The van der Waals surface area contributed by atoms with E-state index in [0.717, 1.165) is 0 Å². The fourth-order valence-corrected chi connectivity index (χ4v) is 1.71. The summed E-state index contributed by atoms with van der Waals surface area (Å²) in [4.78, 5) is 11.9. The number of halogens is 1. The summed E-state index contributed by atoms with van der Waals surface area (Å²) >= 11 is 0. The lowest BCUT2D eigenvalue weighted by atomic mass is 10.1. The van der Waals surface area contributed by atoms with Crippen molar-refractivity contribution in [3.05, 3.63) is 65.5 Å². The molecular formula is C16H13FO3. The maximum Gasteiger partial charge on any atom is 0.185 e. The van der Waals surface area contributed by atoms with Crippen LogP contribution in [0.25, 0.3) is 6.08 Å². The number of ether oxygens (including phenoxy) is 1. The third kappa shape index (κ3) is 3.03. The Kier molecular flexibility index (Phi) is 4.15. The second kappa shape index (κ2) is 6.02. The molecular weight excluding hydrogens is 259 g/mol. The van der Waals surface area contributed by atoms with Crippen molar-refractivity contribution in [3.63, 3.8) is 0 Å². The van der Waals surface area contributed by atoms with Crippen molar-refractivity contribution in [2.75, 3.05) is 7.11 Å². The van der Waals surface area contributed by atoms with Crippen LogP contribution in [0.4, 0.5) is 4.39 Å². The summed E-state index contributed by atoms with van der Waals surface area (Å²) in [6.45, 7) is 0. The Morgan fingerprint density at radius 3 is 2.55 bits per heavy atom. The van der Waals surface area contributed by atoms with Gasteiger partial charge in [0.25, 0.3) is 0 Å². The fraction of sp³-hybridized carbons (Fsp3) is 0.0625. The largest absolute Gasteiger partial charge is 0.504 e. The molecule has 0 atom stereocenters. The zero-order valence-corrected chi connectivity index (χ0v) is 10.8. The molecule has 0 aliphatic rings. The van der Waals surface area contributed by atoms with Gasteiger partial charge in [0, 0.05) is 11.1 Å². The van der Waals surface area contributed by atoms with E-state index in [1.807, 2.05) is 0 Å². The monoisotopic (exact) mass is 272 g/mol. The van der Waals surface area contributed by atoms with Crippen LogP contribution in [0.15, 0.2) is 48.5 Å². The van der Waals surface area contributed by atoms with E-state index >= 15 is 0 Å². The van der Waals surface area contributed by atoms with Crippen LogP contribution < -0.4 is 4.74 Å². The van der Waals surface area contributed by atoms with Crippen molar-refractivity contribution in [1.82, 2.24) is 0 Å². The minimum atomic E-state index is -0.393. The Bertz CT molecular complexity index is 645. The molecule has 1 N–H and O–H groups in total. The maximum absolute atomic E-state index is 12.8. The maximum atomic E-state index is 12.8. The number of rotatable bonds is 4. The number of para-hydroxylation sites is 1.